The summed E-state index contributed by atoms with van der Waals surface area (Å²) in [6, 6.07) is 0. The van der Waals surface area contributed by atoms with Gasteiger partial charge in [0.05, 0.1) is 11.8 Å². The van der Waals surface area contributed by atoms with Gasteiger partial charge in [-0.05, 0) is 38.1 Å². The number of rotatable bonds is 4. The van der Waals surface area contributed by atoms with Crippen molar-refractivity contribution in [2.45, 2.75) is 32.6 Å². The third kappa shape index (κ3) is 2.90. The molecule has 2 unspecified atom stereocenters. The van der Waals surface area contributed by atoms with E-state index in [-0.39, 0.29) is 5.91 Å². The number of nitrogens with two attached hydrogens (primary N) is 1. The van der Waals surface area contributed by atoms with Crippen LogP contribution in [0.25, 0.3) is 0 Å². The van der Waals surface area contributed by atoms with Crippen LogP contribution in [-0.4, -0.2) is 29.2 Å². The van der Waals surface area contributed by atoms with Gasteiger partial charge in [0.15, 0.2) is 0 Å². The fourth-order valence-corrected chi connectivity index (χ4v) is 2.76. The van der Waals surface area contributed by atoms with Crippen LogP contribution < -0.4 is 11.1 Å². The molecule has 5 nitrogen and oxygen atoms in total. The summed E-state index contributed by atoms with van der Waals surface area (Å²) in [7, 11) is 0. The molecule has 1 aliphatic carbocycles. The van der Waals surface area contributed by atoms with Crippen LogP contribution in [0.5, 0.6) is 0 Å². The molecule has 100 valence electrons. The minimum absolute atomic E-state index is 0.0393. The molecule has 5 heteroatoms. The van der Waals surface area contributed by atoms with Crippen LogP contribution in [0.4, 0.5) is 0 Å². The number of carbonyl (C=O) groups excluding carboxylic acids is 1. The van der Waals surface area contributed by atoms with E-state index >= 15 is 0 Å². The first-order valence-corrected chi connectivity index (χ1v) is 6.70. The standard InChI is InChI=1S/C13H22N4O/c1-9-12(8-16-17-9)13(18)15-7-11-5-3-2-4-10(11)6-14/h8,10-11H,2-7,14H2,1H3,(H,15,18)(H,16,17). The minimum Gasteiger partial charge on any atom is -0.352 e. The maximum atomic E-state index is 12.0. The number of H-pyrrole nitrogens is 1. The lowest BCUT2D eigenvalue weighted by Crippen LogP contribution is -2.37. The molecule has 0 spiro atoms. The monoisotopic (exact) mass is 250 g/mol. The van der Waals surface area contributed by atoms with E-state index in [0.717, 1.165) is 18.8 Å². The van der Waals surface area contributed by atoms with Crippen molar-refractivity contribution in [2.75, 3.05) is 13.1 Å². The highest BCUT2D eigenvalue weighted by atomic mass is 16.1. The summed E-state index contributed by atoms with van der Waals surface area (Å²) >= 11 is 0. The van der Waals surface area contributed by atoms with Crippen molar-refractivity contribution in [3.05, 3.63) is 17.5 Å². The van der Waals surface area contributed by atoms with Crippen LogP contribution in [-0.2, 0) is 0 Å². The second-order valence-corrected chi connectivity index (χ2v) is 5.16. The van der Waals surface area contributed by atoms with Gasteiger partial charge in [0.25, 0.3) is 5.91 Å². The van der Waals surface area contributed by atoms with E-state index in [9.17, 15) is 4.79 Å². The molecule has 1 amide bonds. The number of aromatic nitrogens is 2. The van der Waals surface area contributed by atoms with Crippen molar-refractivity contribution in [2.24, 2.45) is 17.6 Å². The Morgan fingerprint density at radius 2 is 2.22 bits per heavy atom. The van der Waals surface area contributed by atoms with Crippen LogP contribution in [0.2, 0.25) is 0 Å². The van der Waals surface area contributed by atoms with Gasteiger partial charge >= 0.3 is 0 Å². The number of nitrogens with one attached hydrogen (secondary N) is 2. The zero-order valence-corrected chi connectivity index (χ0v) is 10.9. The first kappa shape index (κ1) is 13.1. The smallest absolute Gasteiger partial charge is 0.254 e. The lowest BCUT2D eigenvalue weighted by atomic mass is 9.79. The molecule has 0 aliphatic heterocycles. The summed E-state index contributed by atoms with van der Waals surface area (Å²) in [5, 5.41) is 9.64. The Labute approximate surface area is 108 Å². The van der Waals surface area contributed by atoms with Crippen molar-refractivity contribution in [1.82, 2.24) is 15.5 Å². The summed E-state index contributed by atoms with van der Waals surface area (Å²) in [5.41, 5.74) is 7.24. The molecule has 1 aromatic heterocycles. The van der Waals surface area contributed by atoms with Gasteiger partial charge in [-0.3, -0.25) is 9.89 Å². The second kappa shape index (κ2) is 6.00. The topological polar surface area (TPSA) is 83.8 Å². The molecule has 1 aromatic rings. The van der Waals surface area contributed by atoms with E-state index in [1.165, 1.54) is 25.7 Å². The average Bonchev–Trinajstić information content (AvgIpc) is 2.82. The van der Waals surface area contributed by atoms with E-state index in [2.05, 4.69) is 15.5 Å². The number of aryl methyl sites for hydroxylation is 1. The summed E-state index contributed by atoms with van der Waals surface area (Å²) in [5.74, 6) is 1.05. The Morgan fingerprint density at radius 1 is 1.50 bits per heavy atom. The Balaban J connectivity index is 1.87. The predicted octanol–water partition coefficient (Wildman–Crippen LogP) is 1.21. The average molecular weight is 250 g/mol. The molecular formula is C13H22N4O. The van der Waals surface area contributed by atoms with Crippen molar-refractivity contribution in [3.63, 3.8) is 0 Å². The number of amides is 1. The van der Waals surface area contributed by atoms with E-state index < -0.39 is 0 Å². The molecule has 1 fully saturated rings. The van der Waals surface area contributed by atoms with Gasteiger partial charge in [-0.15, -0.1) is 0 Å². The molecule has 1 aliphatic rings. The highest BCUT2D eigenvalue weighted by Gasteiger charge is 2.24. The quantitative estimate of drug-likeness (QED) is 0.751. The summed E-state index contributed by atoms with van der Waals surface area (Å²) in [6.07, 6.45) is 6.47. The van der Waals surface area contributed by atoms with E-state index in [1.54, 1.807) is 6.20 Å². The van der Waals surface area contributed by atoms with Crippen molar-refractivity contribution in [1.29, 1.82) is 0 Å². The molecule has 2 rings (SSSR count). The van der Waals surface area contributed by atoms with Crippen molar-refractivity contribution >= 4 is 5.91 Å². The molecule has 2 atom stereocenters. The zero-order chi connectivity index (χ0) is 13.0. The third-order valence-electron chi connectivity index (χ3n) is 3.97. The normalized spacial score (nSPS) is 23.9. The SMILES string of the molecule is Cc1[nH]ncc1C(=O)NCC1CCCCC1CN. The van der Waals surface area contributed by atoms with E-state index in [4.69, 9.17) is 5.73 Å². The first-order valence-electron chi connectivity index (χ1n) is 6.70. The summed E-state index contributed by atoms with van der Waals surface area (Å²) in [6.45, 7) is 3.31. The van der Waals surface area contributed by atoms with Crippen molar-refractivity contribution in [3.8, 4) is 0 Å². The Bertz CT molecular complexity index is 401. The minimum atomic E-state index is -0.0393. The first-order chi connectivity index (χ1) is 8.72. The molecular weight excluding hydrogens is 228 g/mol. The lowest BCUT2D eigenvalue weighted by Gasteiger charge is -2.30. The highest BCUT2D eigenvalue weighted by molar-refractivity contribution is 5.94. The van der Waals surface area contributed by atoms with Gasteiger partial charge in [-0.2, -0.15) is 5.10 Å². The molecule has 18 heavy (non-hydrogen) atoms. The number of carbonyl (C=O) groups is 1. The molecule has 0 aromatic carbocycles. The molecule has 4 N–H and O–H groups in total. The Kier molecular flexibility index (Phi) is 4.36. The molecule has 1 heterocycles. The van der Waals surface area contributed by atoms with Crippen LogP contribution in [0.3, 0.4) is 0 Å². The van der Waals surface area contributed by atoms with Gasteiger partial charge < -0.3 is 11.1 Å². The number of hydrogen-bond acceptors (Lipinski definition) is 3. The number of hydrogen-bond donors (Lipinski definition) is 3. The largest absolute Gasteiger partial charge is 0.352 e. The lowest BCUT2D eigenvalue weighted by molar-refractivity contribution is 0.0934. The Hall–Kier alpha value is -1.36. The summed E-state index contributed by atoms with van der Waals surface area (Å²) < 4.78 is 0. The van der Waals surface area contributed by atoms with E-state index in [1.807, 2.05) is 6.92 Å². The van der Waals surface area contributed by atoms with Gasteiger partial charge in [0, 0.05) is 12.2 Å². The maximum absolute atomic E-state index is 12.0. The molecule has 1 saturated carbocycles. The zero-order valence-electron chi connectivity index (χ0n) is 10.9. The maximum Gasteiger partial charge on any atom is 0.254 e. The van der Waals surface area contributed by atoms with Crippen LogP contribution in [0.1, 0.15) is 41.7 Å². The fourth-order valence-electron chi connectivity index (χ4n) is 2.76. The third-order valence-corrected chi connectivity index (χ3v) is 3.97. The van der Waals surface area contributed by atoms with Crippen LogP contribution >= 0.6 is 0 Å². The Morgan fingerprint density at radius 3 is 2.83 bits per heavy atom. The van der Waals surface area contributed by atoms with E-state index in [0.29, 0.717) is 17.4 Å². The predicted molar refractivity (Wildman–Crippen MR) is 70.2 cm³/mol. The van der Waals surface area contributed by atoms with Crippen molar-refractivity contribution < 1.29 is 4.79 Å². The molecule has 0 saturated heterocycles. The summed E-state index contributed by atoms with van der Waals surface area (Å²) in [4.78, 5) is 12.0. The highest BCUT2D eigenvalue weighted by Crippen LogP contribution is 2.28. The van der Waals surface area contributed by atoms with Gasteiger partial charge in [-0.25, -0.2) is 0 Å². The second-order valence-electron chi connectivity index (χ2n) is 5.16. The fraction of sp³-hybridized carbons (Fsp3) is 0.692. The number of aromatic amines is 1. The van der Waals surface area contributed by atoms with Gasteiger partial charge in [0.2, 0.25) is 0 Å². The number of nitrogens with zero attached hydrogens (tertiary/aromatic N) is 1. The van der Waals surface area contributed by atoms with Crippen LogP contribution in [0, 0.1) is 18.8 Å². The molecule has 0 radical (unpaired) electrons. The molecule has 0 bridgehead atoms. The van der Waals surface area contributed by atoms with Gasteiger partial charge in [0.1, 0.15) is 0 Å². The van der Waals surface area contributed by atoms with Crippen LogP contribution in [0.15, 0.2) is 6.20 Å². The van der Waals surface area contributed by atoms with Gasteiger partial charge in [-0.1, -0.05) is 12.8 Å².